The molecule has 4 aromatic carbocycles. The van der Waals surface area contributed by atoms with E-state index in [-0.39, 0.29) is 23.3 Å². The van der Waals surface area contributed by atoms with E-state index in [1.165, 1.54) is 13.8 Å². The normalized spacial score (nSPS) is 10.4. The molecule has 0 spiro atoms. The maximum absolute atomic E-state index is 12.5. The summed E-state index contributed by atoms with van der Waals surface area (Å²) in [5.74, 6) is 0.808. The van der Waals surface area contributed by atoms with Gasteiger partial charge in [-0.2, -0.15) is 4.98 Å². The highest BCUT2D eigenvalue weighted by atomic mass is 16.5. The maximum atomic E-state index is 12.5. The number of carbonyl (C=O) groups excluding carboxylic acids is 4. The quantitative estimate of drug-likeness (QED) is 0.0929. The molecule has 0 atom stereocenters. The van der Waals surface area contributed by atoms with Crippen LogP contribution in [0.3, 0.4) is 0 Å². The molecule has 1 aromatic heterocycles. The van der Waals surface area contributed by atoms with E-state index >= 15 is 0 Å². The van der Waals surface area contributed by atoms with Crippen molar-refractivity contribution in [2.24, 2.45) is 0 Å². The fraction of sp³-hybridized carbons (Fsp3) is 0.0571. The molecule has 0 aliphatic heterocycles. The van der Waals surface area contributed by atoms with E-state index in [9.17, 15) is 19.2 Å². The van der Waals surface area contributed by atoms with Crippen molar-refractivity contribution >= 4 is 23.5 Å². The van der Waals surface area contributed by atoms with Gasteiger partial charge in [-0.05, 0) is 111 Å². The zero-order valence-electron chi connectivity index (χ0n) is 23.7. The first-order valence-electron chi connectivity index (χ1n) is 13.4. The standard InChI is InChI=1S/C35H25NO8/c1-22(37)24-6-14-30(15-7-24)43-34(39)26-10-18-28(19-11-26)41-32-4-3-5-33(36-32)42-29-20-12-27(13-21-29)35(40)44-31-16-8-25(9-17-31)23(2)38/h3-21H,1-2H3. The van der Waals surface area contributed by atoms with Gasteiger partial charge in [0.25, 0.3) is 0 Å². The average Bonchev–Trinajstić information content (AvgIpc) is 3.02. The Morgan fingerprint density at radius 2 is 0.750 bits per heavy atom. The number of esters is 2. The van der Waals surface area contributed by atoms with E-state index in [2.05, 4.69) is 4.98 Å². The van der Waals surface area contributed by atoms with E-state index in [1.807, 2.05) is 0 Å². The molecule has 218 valence electrons. The van der Waals surface area contributed by atoms with Gasteiger partial charge in [-0.25, -0.2) is 9.59 Å². The zero-order valence-corrected chi connectivity index (χ0v) is 23.7. The van der Waals surface area contributed by atoms with Gasteiger partial charge >= 0.3 is 11.9 Å². The molecule has 0 amide bonds. The van der Waals surface area contributed by atoms with Gasteiger partial charge in [0.15, 0.2) is 11.6 Å². The van der Waals surface area contributed by atoms with E-state index in [1.54, 1.807) is 115 Å². The summed E-state index contributed by atoms with van der Waals surface area (Å²) >= 11 is 0. The van der Waals surface area contributed by atoms with E-state index < -0.39 is 11.9 Å². The van der Waals surface area contributed by atoms with Gasteiger partial charge in [-0.3, -0.25) is 9.59 Å². The predicted molar refractivity (Wildman–Crippen MR) is 160 cm³/mol. The Morgan fingerprint density at radius 1 is 0.432 bits per heavy atom. The SMILES string of the molecule is CC(=O)c1ccc(OC(=O)c2ccc(Oc3cccc(Oc4ccc(C(=O)Oc5ccc(C(C)=O)cc5)cc4)n3)cc2)cc1. The predicted octanol–water partition coefficient (Wildman–Crippen LogP) is 7.51. The second-order valence-corrected chi connectivity index (χ2v) is 9.51. The van der Waals surface area contributed by atoms with Gasteiger partial charge in [-0.1, -0.05) is 6.07 Å². The number of carbonyl (C=O) groups is 4. The lowest BCUT2D eigenvalue weighted by Crippen LogP contribution is -2.08. The van der Waals surface area contributed by atoms with Crippen LogP contribution in [0, 0.1) is 0 Å². The lowest BCUT2D eigenvalue weighted by atomic mass is 10.1. The number of ketones is 2. The Kier molecular flexibility index (Phi) is 8.86. The van der Waals surface area contributed by atoms with Crippen molar-refractivity contribution in [2.45, 2.75) is 13.8 Å². The average molecular weight is 588 g/mol. The van der Waals surface area contributed by atoms with Gasteiger partial charge < -0.3 is 18.9 Å². The van der Waals surface area contributed by atoms with E-state index in [4.69, 9.17) is 18.9 Å². The van der Waals surface area contributed by atoms with Crippen LogP contribution in [0.2, 0.25) is 0 Å². The van der Waals surface area contributed by atoms with Crippen LogP contribution >= 0.6 is 0 Å². The Hall–Kier alpha value is -6.09. The summed E-state index contributed by atoms with van der Waals surface area (Å²) in [5, 5.41) is 0. The second-order valence-electron chi connectivity index (χ2n) is 9.51. The van der Waals surface area contributed by atoms with Gasteiger partial charge in [-0.15, -0.1) is 0 Å². The second kappa shape index (κ2) is 13.3. The highest BCUT2D eigenvalue weighted by Gasteiger charge is 2.12. The summed E-state index contributed by atoms with van der Waals surface area (Å²) in [6.07, 6.45) is 0. The minimum absolute atomic E-state index is 0.0742. The lowest BCUT2D eigenvalue weighted by Gasteiger charge is -2.09. The Morgan fingerprint density at radius 3 is 1.09 bits per heavy atom. The molecule has 44 heavy (non-hydrogen) atoms. The van der Waals surface area contributed by atoms with Gasteiger partial charge in [0.05, 0.1) is 11.1 Å². The molecule has 0 fully saturated rings. The first kappa shape index (κ1) is 29.4. The molecule has 0 saturated heterocycles. The van der Waals surface area contributed by atoms with Crippen LogP contribution in [0.1, 0.15) is 55.3 Å². The largest absolute Gasteiger partial charge is 0.439 e. The number of Topliss-reactive ketones (excluding diaryl/α,β-unsaturated/α-hetero) is 2. The molecule has 0 unspecified atom stereocenters. The number of pyridine rings is 1. The molecule has 0 aliphatic carbocycles. The van der Waals surface area contributed by atoms with Crippen molar-refractivity contribution in [3.8, 4) is 34.8 Å². The molecule has 9 heteroatoms. The van der Waals surface area contributed by atoms with E-state index in [0.29, 0.717) is 45.3 Å². The molecule has 0 aliphatic rings. The Bertz CT molecular complexity index is 1680. The molecular weight excluding hydrogens is 562 g/mol. The number of nitrogens with zero attached hydrogens (tertiary/aromatic N) is 1. The Balaban J connectivity index is 1.16. The monoisotopic (exact) mass is 587 g/mol. The first-order valence-corrected chi connectivity index (χ1v) is 13.4. The zero-order chi connectivity index (χ0) is 31.1. The van der Waals surface area contributed by atoms with Crippen molar-refractivity contribution in [1.29, 1.82) is 0 Å². The first-order chi connectivity index (χ1) is 21.2. The molecule has 5 rings (SSSR count). The third kappa shape index (κ3) is 7.59. The van der Waals surface area contributed by atoms with Crippen LogP contribution in [0.5, 0.6) is 34.8 Å². The Labute approximate surface area is 252 Å². The van der Waals surface area contributed by atoms with Crippen LogP contribution in [0.4, 0.5) is 0 Å². The number of hydrogen-bond acceptors (Lipinski definition) is 9. The summed E-state index contributed by atoms with van der Waals surface area (Å²) in [4.78, 5) is 52.2. The molecular formula is C35H25NO8. The van der Waals surface area contributed by atoms with Crippen LogP contribution in [0.15, 0.2) is 115 Å². The van der Waals surface area contributed by atoms with Gasteiger partial charge in [0, 0.05) is 23.3 Å². The minimum Gasteiger partial charge on any atom is -0.439 e. The van der Waals surface area contributed by atoms with Crippen molar-refractivity contribution in [3.05, 3.63) is 138 Å². The highest BCUT2D eigenvalue weighted by molar-refractivity contribution is 5.95. The van der Waals surface area contributed by atoms with Crippen molar-refractivity contribution in [1.82, 2.24) is 4.98 Å². The van der Waals surface area contributed by atoms with Crippen LogP contribution in [0.25, 0.3) is 0 Å². The fourth-order valence-electron chi connectivity index (χ4n) is 3.92. The summed E-state index contributed by atoms with van der Waals surface area (Å²) in [5.41, 5.74) is 1.69. The number of benzene rings is 4. The molecule has 5 aromatic rings. The molecule has 0 saturated carbocycles. The minimum atomic E-state index is -0.553. The molecule has 0 bridgehead atoms. The number of rotatable bonds is 10. The summed E-state index contributed by atoms with van der Waals surface area (Å²) in [6, 6.07) is 30.4. The lowest BCUT2D eigenvalue weighted by molar-refractivity contribution is 0.0725. The van der Waals surface area contributed by atoms with Crippen LogP contribution in [-0.2, 0) is 0 Å². The summed E-state index contributed by atoms with van der Waals surface area (Å²) in [6.45, 7) is 2.93. The molecule has 9 nitrogen and oxygen atoms in total. The van der Waals surface area contributed by atoms with Crippen LogP contribution in [-0.4, -0.2) is 28.5 Å². The molecule has 0 radical (unpaired) electrons. The summed E-state index contributed by atoms with van der Waals surface area (Å²) in [7, 11) is 0. The number of ether oxygens (including phenoxy) is 4. The third-order valence-corrected chi connectivity index (χ3v) is 6.27. The molecule has 1 heterocycles. The number of hydrogen-bond donors (Lipinski definition) is 0. The van der Waals surface area contributed by atoms with Crippen molar-refractivity contribution < 1.29 is 38.1 Å². The van der Waals surface area contributed by atoms with Crippen molar-refractivity contribution in [3.63, 3.8) is 0 Å². The smallest absolute Gasteiger partial charge is 0.343 e. The van der Waals surface area contributed by atoms with E-state index in [0.717, 1.165) is 0 Å². The highest BCUT2D eigenvalue weighted by Crippen LogP contribution is 2.26. The molecule has 0 N–H and O–H groups in total. The summed E-state index contributed by atoms with van der Waals surface area (Å²) < 4.78 is 22.4. The topological polar surface area (TPSA) is 118 Å². The van der Waals surface area contributed by atoms with Gasteiger partial charge in [0.2, 0.25) is 11.8 Å². The fourth-order valence-corrected chi connectivity index (χ4v) is 3.92. The third-order valence-electron chi connectivity index (χ3n) is 6.27. The van der Waals surface area contributed by atoms with Crippen LogP contribution < -0.4 is 18.9 Å². The maximum Gasteiger partial charge on any atom is 0.343 e. The number of aromatic nitrogens is 1. The van der Waals surface area contributed by atoms with Crippen molar-refractivity contribution in [2.75, 3.05) is 0 Å². The van der Waals surface area contributed by atoms with Gasteiger partial charge in [0.1, 0.15) is 23.0 Å².